The van der Waals surface area contributed by atoms with Crippen molar-refractivity contribution in [2.45, 2.75) is 19.8 Å². The van der Waals surface area contributed by atoms with Gasteiger partial charge in [0, 0.05) is 0 Å². The first kappa shape index (κ1) is 13.4. The van der Waals surface area contributed by atoms with Gasteiger partial charge in [-0.05, 0) is 35.1 Å². The Balaban J connectivity index is 2.26. The molecule has 0 radical (unpaired) electrons. The quantitative estimate of drug-likeness (QED) is 0.626. The van der Waals surface area contributed by atoms with Gasteiger partial charge >= 0.3 is 0 Å². The van der Waals surface area contributed by atoms with E-state index in [4.69, 9.17) is 0 Å². The maximum atomic E-state index is 3.70. The van der Waals surface area contributed by atoms with Gasteiger partial charge in [-0.3, -0.25) is 0 Å². The minimum Gasteiger partial charge on any atom is -0.0991 e. The summed E-state index contributed by atoms with van der Waals surface area (Å²) in [6.07, 6.45) is 5.98. The fraction of sp³-hybridized carbons (Fsp3) is 0.158. The van der Waals surface area contributed by atoms with E-state index in [0.717, 1.165) is 0 Å². The number of rotatable bonds is 4. The standard InChI is InChI=1S/C19H20/c1-4-5-8-15(2)17-11-13-18(14-12-17)19-10-7-6-9-16(19)3/h4-15H,1H2,2-3H3/b8-5-. The molecule has 0 spiro atoms. The second kappa shape index (κ2) is 6.19. The van der Waals surface area contributed by atoms with Crippen molar-refractivity contribution >= 4 is 0 Å². The van der Waals surface area contributed by atoms with Crippen molar-refractivity contribution in [2.75, 3.05) is 0 Å². The summed E-state index contributed by atoms with van der Waals surface area (Å²) in [5.74, 6) is 0.420. The van der Waals surface area contributed by atoms with E-state index >= 15 is 0 Å². The summed E-state index contributed by atoms with van der Waals surface area (Å²) in [5.41, 5.74) is 5.23. The predicted molar refractivity (Wildman–Crippen MR) is 84.4 cm³/mol. The first-order valence-corrected chi connectivity index (χ1v) is 6.67. The number of hydrogen-bond acceptors (Lipinski definition) is 0. The summed E-state index contributed by atoms with van der Waals surface area (Å²) in [6.45, 7) is 8.05. The topological polar surface area (TPSA) is 0 Å². The zero-order chi connectivity index (χ0) is 13.7. The molecule has 0 saturated heterocycles. The Morgan fingerprint density at radius 2 is 1.68 bits per heavy atom. The molecule has 19 heavy (non-hydrogen) atoms. The molecule has 0 bridgehead atoms. The highest BCUT2D eigenvalue weighted by Crippen LogP contribution is 2.25. The van der Waals surface area contributed by atoms with Crippen molar-refractivity contribution in [2.24, 2.45) is 0 Å². The third-order valence-electron chi connectivity index (χ3n) is 3.43. The second-order valence-corrected chi connectivity index (χ2v) is 4.85. The Morgan fingerprint density at radius 3 is 2.32 bits per heavy atom. The van der Waals surface area contributed by atoms with Crippen LogP contribution >= 0.6 is 0 Å². The fourth-order valence-electron chi connectivity index (χ4n) is 2.22. The molecule has 0 N–H and O–H groups in total. The maximum absolute atomic E-state index is 3.70. The molecule has 2 aromatic carbocycles. The molecule has 2 aromatic rings. The van der Waals surface area contributed by atoms with Crippen LogP contribution in [0.5, 0.6) is 0 Å². The third-order valence-corrected chi connectivity index (χ3v) is 3.43. The number of hydrogen-bond donors (Lipinski definition) is 0. The average Bonchev–Trinajstić information content (AvgIpc) is 2.45. The van der Waals surface area contributed by atoms with E-state index in [0.29, 0.717) is 5.92 Å². The normalized spacial score (nSPS) is 12.5. The zero-order valence-electron chi connectivity index (χ0n) is 11.6. The molecule has 0 aliphatic carbocycles. The molecule has 0 aliphatic rings. The number of allylic oxidation sites excluding steroid dienone is 3. The predicted octanol–water partition coefficient (Wildman–Crippen LogP) is 5.51. The largest absolute Gasteiger partial charge is 0.0991 e. The number of benzene rings is 2. The highest BCUT2D eigenvalue weighted by atomic mass is 14.1. The first-order chi connectivity index (χ1) is 9.22. The van der Waals surface area contributed by atoms with E-state index in [1.807, 2.05) is 12.2 Å². The van der Waals surface area contributed by atoms with Crippen LogP contribution in [0.3, 0.4) is 0 Å². The first-order valence-electron chi connectivity index (χ1n) is 6.67. The highest BCUT2D eigenvalue weighted by Gasteiger charge is 2.03. The van der Waals surface area contributed by atoms with Gasteiger partial charge in [0.1, 0.15) is 0 Å². The zero-order valence-corrected chi connectivity index (χ0v) is 11.6. The SMILES string of the molecule is C=C/C=C\C(C)c1ccc(-c2ccccc2C)cc1. The van der Waals surface area contributed by atoms with Crippen molar-refractivity contribution in [3.63, 3.8) is 0 Å². The van der Waals surface area contributed by atoms with Gasteiger partial charge in [0.25, 0.3) is 0 Å². The van der Waals surface area contributed by atoms with E-state index in [9.17, 15) is 0 Å². The lowest BCUT2D eigenvalue weighted by Crippen LogP contribution is -1.89. The molecule has 0 heterocycles. The van der Waals surface area contributed by atoms with Crippen LogP contribution in [0.15, 0.2) is 73.3 Å². The molecule has 1 unspecified atom stereocenters. The van der Waals surface area contributed by atoms with E-state index in [1.165, 1.54) is 22.3 Å². The molecule has 0 fully saturated rings. The van der Waals surface area contributed by atoms with Gasteiger partial charge in [-0.25, -0.2) is 0 Å². The van der Waals surface area contributed by atoms with Crippen LogP contribution in [-0.2, 0) is 0 Å². The van der Waals surface area contributed by atoms with Crippen LogP contribution in [0.4, 0.5) is 0 Å². The van der Waals surface area contributed by atoms with Crippen LogP contribution in [0.1, 0.15) is 24.0 Å². The van der Waals surface area contributed by atoms with Crippen LogP contribution < -0.4 is 0 Å². The lowest BCUT2D eigenvalue weighted by molar-refractivity contribution is 0.968. The Bertz CT molecular complexity index is 573. The second-order valence-electron chi connectivity index (χ2n) is 4.85. The molecule has 0 amide bonds. The lowest BCUT2D eigenvalue weighted by Gasteiger charge is -2.09. The summed E-state index contributed by atoms with van der Waals surface area (Å²) in [6, 6.07) is 17.3. The van der Waals surface area contributed by atoms with Gasteiger partial charge in [-0.15, -0.1) is 0 Å². The average molecular weight is 248 g/mol. The molecule has 0 aliphatic heterocycles. The van der Waals surface area contributed by atoms with Gasteiger partial charge < -0.3 is 0 Å². The molecule has 96 valence electrons. The summed E-state index contributed by atoms with van der Waals surface area (Å²) < 4.78 is 0. The minimum absolute atomic E-state index is 0.420. The van der Waals surface area contributed by atoms with Crippen LogP contribution in [0, 0.1) is 6.92 Å². The fourth-order valence-corrected chi connectivity index (χ4v) is 2.22. The van der Waals surface area contributed by atoms with Crippen molar-refractivity contribution in [3.05, 3.63) is 84.5 Å². The molecular formula is C19H20. The van der Waals surface area contributed by atoms with Crippen molar-refractivity contribution in [1.82, 2.24) is 0 Å². The summed E-state index contributed by atoms with van der Waals surface area (Å²) >= 11 is 0. The van der Waals surface area contributed by atoms with Gasteiger partial charge in [0.15, 0.2) is 0 Å². The van der Waals surface area contributed by atoms with Crippen LogP contribution in [0.25, 0.3) is 11.1 Å². The van der Waals surface area contributed by atoms with Gasteiger partial charge in [-0.2, -0.15) is 0 Å². The Hall–Kier alpha value is -2.08. The van der Waals surface area contributed by atoms with E-state index in [-0.39, 0.29) is 0 Å². The van der Waals surface area contributed by atoms with Crippen molar-refractivity contribution in [3.8, 4) is 11.1 Å². The molecule has 1 atom stereocenters. The van der Waals surface area contributed by atoms with E-state index in [2.05, 4.69) is 75.0 Å². The van der Waals surface area contributed by atoms with E-state index < -0.39 is 0 Å². The third kappa shape index (κ3) is 3.23. The maximum Gasteiger partial charge on any atom is -0.000732 e. The summed E-state index contributed by atoms with van der Waals surface area (Å²) in [4.78, 5) is 0. The summed E-state index contributed by atoms with van der Waals surface area (Å²) in [7, 11) is 0. The molecule has 0 aromatic heterocycles. The summed E-state index contributed by atoms with van der Waals surface area (Å²) in [5, 5.41) is 0. The Morgan fingerprint density at radius 1 is 1.00 bits per heavy atom. The Kier molecular flexibility index (Phi) is 4.35. The molecule has 0 saturated carbocycles. The molecule has 2 rings (SSSR count). The van der Waals surface area contributed by atoms with Gasteiger partial charge in [-0.1, -0.05) is 80.3 Å². The smallest absolute Gasteiger partial charge is 0.000732 e. The van der Waals surface area contributed by atoms with Crippen LogP contribution in [0.2, 0.25) is 0 Å². The molecule has 0 heteroatoms. The minimum atomic E-state index is 0.420. The Labute approximate surface area is 116 Å². The van der Waals surface area contributed by atoms with Gasteiger partial charge in [0.05, 0.1) is 0 Å². The molecular weight excluding hydrogens is 228 g/mol. The highest BCUT2D eigenvalue weighted by molar-refractivity contribution is 5.67. The van der Waals surface area contributed by atoms with Crippen molar-refractivity contribution < 1.29 is 0 Å². The monoisotopic (exact) mass is 248 g/mol. The van der Waals surface area contributed by atoms with Gasteiger partial charge in [0.2, 0.25) is 0 Å². The number of aryl methyl sites for hydroxylation is 1. The van der Waals surface area contributed by atoms with E-state index in [1.54, 1.807) is 0 Å². The van der Waals surface area contributed by atoms with Crippen molar-refractivity contribution in [1.29, 1.82) is 0 Å². The van der Waals surface area contributed by atoms with Crippen LogP contribution in [-0.4, -0.2) is 0 Å². The lowest BCUT2D eigenvalue weighted by atomic mass is 9.95. The molecule has 0 nitrogen and oxygen atoms in total.